The molecule has 2 aromatic rings. The van der Waals surface area contributed by atoms with Crippen LogP contribution < -0.4 is 0 Å². The predicted molar refractivity (Wildman–Crippen MR) is 67.4 cm³/mol. The van der Waals surface area contributed by atoms with Gasteiger partial charge < -0.3 is 5.11 Å². The first-order valence-corrected chi connectivity index (χ1v) is 6.20. The molecule has 0 radical (unpaired) electrons. The van der Waals surface area contributed by atoms with E-state index in [4.69, 9.17) is 23.2 Å². The van der Waals surface area contributed by atoms with Crippen molar-refractivity contribution in [3.63, 3.8) is 0 Å². The normalized spacial score (nSPS) is 12.8. The van der Waals surface area contributed by atoms with Crippen molar-refractivity contribution in [1.29, 1.82) is 0 Å². The molecule has 5 heteroatoms. The van der Waals surface area contributed by atoms with E-state index in [0.29, 0.717) is 15.6 Å². The number of hydrogen-bond donors (Lipinski definition) is 1. The summed E-state index contributed by atoms with van der Waals surface area (Å²) in [6.45, 7) is 1.89. The molecule has 0 aliphatic heterocycles. The van der Waals surface area contributed by atoms with Gasteiger partial charge in [-0.1, -0.05) is 23.2 Å². The zero-order chi connectivity index (χ0) is 11.7. The highest BCUT2D eigenvalue weighted by molar-refractivity contribution is 7.11. The summed E-state index contributed by atoms with van der Waals surface area (Å²) >= 11 is 13.3. The summed E-state index contributed by atoms with van der Waals surface area (Å²) in [6.07, 6.45) is 0.888. The van der Waals surface area contributed by atoms with E-state index in [-0.39, 0.29) is 0 Å². The van der Waals surface area contributed by atoms with Crippen LogP contribution in [0.2, 0.25) is 10.0 Å². The fourth-order valence-electron chi connectivity index (χ4n) is 1.38. The van der Waals surface area contributed by atoms with Gasteiger partial charge in [-0.05, 0) is 25.1 Å². The average Bonchev–Trinajstić information content (AvgIpc) is 2.67. The molecule has 0 amide bonds. The summed E-state index contributed by atoms with van der Waals surface area (Å²) in [4.78, 5) is 4.86. The number of nitrogens with zero attached hydrogens (tertiary/aromatic N) is 1. The Labute approximate surface area is 107 Å². The lowest BCUT2D eigenvalue weighted by atomic mass is 10.1. The van der Waals surface area contributed by atoms with Gasteiger partial charge in [0.1, 0.15) is 6.10 Å². The molecule has 84 valence electrons. The van der Waals surface area contributed by atoms with Crippen molar-refractivity contribution in [3.8, 4) is 0 Å². The minimum absolute atomic E-state index is 0.503. The largest absolute Gasteiger partial charge is 0.383 e. The smallest absolute Gasteiger partial charge is 0.116 e. The second-order valence-electron chi connectivity index (χ2n) is 3.35. The Morgan fingerprint density at radius 1 is 1.38 bits per heavy atom. The third-order valence-electron chi connectivity index (χ3n) is 2.16. The van der Waals surface area contributed by atoms with E-state index in [9.17, 15) is 5.11 Å². The van der Waals surface area contributed by atoms with Crippen LogP contribution in [0.3, 0.4) is 0 Å². The minimum atomic E-state index is -0.766. The van der Waals surface area contributed by atoms with Gasteiger partial charge in [-0.25, -0.2) is 4.98 Å². The van der Waals surface area contributed by atoms with Crippen molar-refractivity contribution < 1.29 is 5.11 Å². The second kappa shape index (κ2) is 4.72. The van der Waals surface area contributed by atoms with Crippen molar-refractivity contribution in [2.75, 3.05) is 0 Å². The molecule has 1 heterocycles. The van der Waals surface area contributed by atoms with Gasteiger partial charge in [-0.3, -0.25) is 0 Å². The van der Waals surface area contributed by atoms with E-state index in [1.165, 1.54) is 11.3 Å². The zero-order valence-electron chi connectivity index (χ0n) is 8.45. The van der Waals surface area contributed by atoms with Crippen LogP contribution in [-0.4, -0.2) is 10.1 Å². The van der Waals surface area contributed by atoms with E-state index in [1.807, 2.05) is 6.92 Å². The molecule has 1 aromatic carbocycles. The molecular weight excluding hydrogens is 265 g/mol. The lowest BCUT2D eigenvalue weighted by Gasteiger charge is -2.10. The van der Waals surface area contributed by atoms with Crippen molar-refractivity contribution in [3.05, 3.63) is 49.9 Å². The molecule has 1 N–H and O–H groups in total. The number of aliphatic hydroxyl groups is 1. The van der Waals surface area contributed by atoms with Crippen molar-refractivity contribution in [1.82, 2.24) is 4.98 Å². The van der Waals surface area contributed by atoms with Crippen molar-refractivity contribution in [2.24, 2.45) is 0 Å². The summed E-state index contributed by atoms with van der Waals surface area (Å²) in [5, 5.41) is 12.1. The SMILES string of the molecule is Cc1ncc(C(O)c2cc(Cl)ccc2Cl)s1. The van der Waals surface area contributed by atoms with Crippen LogP contribution in [0.15, 0.2) is 24.4 Å². The van der Waals surface area contributed by atoms with Crippen molar-refractivity contribution in [2.45, 2.75) is 13.0 Å². The molecule has 0 saturated carbocycles. The summed E-state index contributed by atoms with van der Waals surface area (Å²) in [7, 11) is 0. The quantitative estimate of drug-likeness (QED) is 0.902. The van der Waals surface area contributed by atoms with Gasteiger partial charge in [-0.15, -0.1) is 11.3 Å². The summed E-state index contributed by atoms with van der Waals surface area (Å²) in [6, 6.07) is 5.04. The topological polar surface area (TPSA) is 33.1 Å². The highest BCUT2D eigenvalue weighted by Crippen LogP contribution is 2.32. The number of benzene rings is 1. The standard InChI is InChI=1S/C11H9Cl2NOS/c1-6-14-5-10(16-6)11(15)8-4-7(12)2-3-9(8)13/h2-5,11,15H,1H3. The number of halogens is 2. The van der Waals surface area contributed by atoms with Gasteiger partial charge in [0, 0.05) is 21.8 Å². The van der Waals surface area contributed by atoms with Crippen LogP contribution in [0.4, 0.5) is 0 Å². The maximum atomic E-state index is 10.1. The number of thiazole rings is 1. The highest BCUT2D eigenvalue weighted by Gasteiger charge is 2.16. The molecule has 1 atom stereocenters. The van der Waals surface area contributed by atoms with Crippen LogP contribution >= 0.6 is 34.5 Å². The van der Waals surface area contributed by atoms with Gasteiger partial charge >= 0.3 is 0 Å². The predicted octanol–water partition coefficient (Wildman–Crippen LogP) is 3.84. The Balaban J connectivity index is 2.40. The minimum Gasteiger partial charge on any atom is -0.383 e. The maximum absolute atomic E-state index is 10.1. The summed E-state index contributed by atoms with van der Waals surface area (Å²) < 4.78 is 0. The molecule has 1 aromatic heterocycles. The van der Waals surface area contributed by atoms with Crippen LogP contribution in [0.5, 0.6) is 0 Å². The van der Waals surface area contributed by atoms with E-state index < -0.39 is 6.10 Å². The fourth-order valence-corrected chi connectivity index (χ4v) is 2.57. The molecule has 2 nitrogen and oxygen atoms in total. The van der Waals surface area contributed by atoms with Crippen LogP contribution in [0, 0.1) is 6.92 Å². The molecule has 0 aliphatic carbocycles. The van der Waals surface area contributed by atoms with Crippen LogP contribution in [0.1, 0.15) is 21.6 Å². The van der Waals surface area contributed by atoms with E-state index in [1.54, 1.807) is 24.4 Å². The molecule has 0 spiro atoms. The van der Waals surface area contributed by atoms with Crippen molar-refractivity contribution >= 4 is 34.5 Å². The van der Waals surface area contributed by atoms with Gasteiger partial charge in [0.25, 0.3) is 0 Å². The molecule has 2 rings (SSSR count). The first-order chi connectivity index (χ1) is 7.58. The number of hydrogen-bond acceptors (Lipinski definition) is 3. The zero-order valence-corrected chi connectivity index (χ0v) is 10.8. The lowest BCUT2D eigenvalue weighted by molar-refractivity contribution is 0.224. The van der Waals surface area contributed by atoms with Gasteiger partial charge in [0.15, 0.2) is 0 Å². The molecule has 0 aliphatic rings. The third kappa shape index (κ3) is 2.38. The first-order valence-electron chi connectivity index (χ1n) is 4.63. The Bertz CT molecular complexity index is 512. The Hall–Kier alpha value is -0.610. The fraction of sp³-hybridized carbons (Fsp3) is 0.182. The first kappa shape index (κ1) is 11.9. The number of aryl methyl sites for hydroxylation is 1. The van der Waals surface area contributed by atoms with E-state index in [0.717, 1.165) is 9.88 Å². The molecular formula is C11H9Cl2NOS. The van der Waals surface area contributed by atoms with Gasteiger partial charge in [-0.2, -0.15) is 0 Å². The molecule has 0 saturated heterocycles. The van der Waals surface area contributed by atoms with Gasteiger partial charge in [0.05, 0.1) is 9.88 Å². The second-order valence-corrected chi connectivity index (χ2v) is 5.46. The molecule has 0 bridgehead atoms. The van der Waals surface area contributed by atoms with E-state index >= 15 is 0 Å². The third-order valence-corrected chi connectivity index (χ3v) is 3.71. The highest BCUT2D eigenvalue weighted by atomic mass is 35.5. The molecule has 16 heavy (non-hydrogen) atoms. The number of aromatic nitrogens is 1. The van der Waals surface area contributed by atoms with Crippen LogP contribution in [0.25, 0.3) is 0 Å². The summed E-state index contributed by atoms with van der Waals surface area (Å²) in [5.74, 6) is 0. The molecule has 0 fully saturated rings. The lowest BCUT2D eigenvalue weighted by Crippen LogP contribution is -1.98. The Morgan fingerprint density at radius 3 is 2.75 bits per heavy atom. The Morgan fingerprint density at radius 2 is 2.12 bits per heavy atom. The monoisotopic (exact) mass is 273 g/mol. The Kier molecular flexibility index (Phi) is 3.50. The molecule has 1 unspecified atom stereocenters. The number of aliphatic hydroxyl groups excluding tert-OH is 1. The average molecular weight is 274 g/mol. The maximum Gasteiger partial charge on any atom is 0.116 e. The summed E-state index contributed by atoms with van der Waals surface area (Å²) in [5.41, 5.74) is 0.609. The van der Waals surface area contributed by atoms with Crippen LogP contribution in [-0.2, 0) is 0 Å². The van der Waals surface area contributed by atoms with E-state index in [2.05, 4.69) is 4.98 Å². The number of rotatable bonds is 2. The van der Waals surface area contributed by atoms with Gasteiger partial charge in [0.2, 0.25) is 0 Å².